The van der Waals surface area contributed by atoms with E-state index >= 15 is 0 Å². The highest BCUT2D eigenvalue weighted by Gasteiger charge is 2.29. The summed E-state index contributed by atoms with van der Waals surface area (Å²) in [5, 5.41) is 0. The molecule has 0 atom stereocenters. The average molecular weight is 1180 g/mol. The third-order valence-electron chi connectivity index (χ3n) is 12.0. The van der Waals surface area contributed by atoms with E-state index in [0.29, 0.717) is 77.9 Å². The lowest BCUT2D eigenvalue weighted by atomic mass is 9.86. The highest BCUT2D eigenvalue weighted by molar-refractivity contribution is 6.39. The van der Waals surface area contributed by atoms with Crippen molar-refractivity contribution in [1.82, 2.24) is 4.90 Å². The molecule has 0 N–H and O–H groups in total. The highest BCUT2D eigenvalue weighted by atomic mass is 16.2. The molecule has 83 heavy (non-hydrogen) atoms. The second-order valence-electron chi connectivity index (χ2n) is 31.4. The smallest absolute Gasteiger partial charge is 0.222 e. The Morgan fingerprint density at radius 2 is 0.711 bits per heavy atom. The van der Waals surface area contributed by atoms with Gasteiger partial charge in [0.05, 0.1) is 6.42 Å². The first-order valence-electron chi connectivity index (χ1n) is 31.1. The summed E-state index contributed by atoms with van der Waals surface area (Å²) in [4.78, 5) is 123. The maximum absolute atomic E-state index is 11.4. The van der Waals surface area contributed by atoms with Gasteiger partial charge >= 0.3 is 0 Å². The van der Waals surface area contributed by atoms with Crippen LogP contribution in [0.2, 0.25) is 0 Å². The second kappa shape index (κ2) is 45.5. The number of carbonyl (C=O) groups is 11. The lowest BCUT2D eigenvalue weighted by molar-refractivity contribution is -0.141. The molecule has 0 saturated heterocycles. The van der Waals surface area contributed by atoms with E-state index in [9.17, 15) is 52.7 Å². The molecule has 0 spiro atoms. The zero-order valence-corrected chi connectivity index (χ0v) is 61.2. The summed E-state index contributed by atoms with van der Waals surface area (Å²) in [6, 6.07) is 0. The zero-order valence-electron chi connectivity index (χ0n) is 61.2. The molecule has 0 saturated carbocycles. The molecule has 0 aromatic rings. The van der Waals surface area contributed by atoms with Gasteiger partial charge in [0.1, 0.15) is 34.7 Å². The van der Waals surface area contributed by atoms with Crippen molar-refractivity contribution in [2.24, 2.45) is 55.2 Å². The largest absolute Gasteiger partial charge is 0.346 e. The molecule has 0 aromatic carbocycles. The Kier molecular flexibility index (Phi) is 52.3. The standard InChI is InChI=1S/C11H22O.C10H21NO.C10H18O2.C10H20O.2C8H14O2.2C7H14O/c1-9(2)10(12)7-6-8-11(3,4)5;1-6-9(12)11(5)8-7-10(2,3)4;1-7(2)6-8(11)9(12)10(3,4)5;1-5-9(11)7-6-8-10(2,3)4;1-6(9)5-7(10)8(2,3)4;1-5-6(9)7(10)8(2,3)4;2*1-5-6(8)7(2,3)4/h9H,6-8H2,1-5H3;6-8H2,1-5H3;7H,6H2,1-5H3;5-8H2,1-4H3;2*5H2,1-4H3;2*5H2,1-4H3. The van der Waals surface area contributed by atoms with Crippen LogP contribution in [0.3, 0.4) is 0 Å². The fourth-order valence-electron chi connectivity index (χ4n) is 5.98. The monoisotopic (exact) mass is 1180 g/mol. The quantitative estimate of drug-likeness (QED) is 0.0832. The van der Waals surface area contributed by atoms with E-state index in [1.165, 1.54) is 6.92 Å². The molecular formula is C71H137NO11. The Balaban J connectivity index is -0.000000130. The lowest BCUT2D eigenvalue weighted by Gasteiger charge is -2.23. The molecule has 0 heterocycles. The van der Waals surface area contributed by atoms with Gasteiger partial charge in [-0.3, -0.25) is 52.7 Å². The minimum atomic E-state index is -0.522. The van der Waals surface area contributed by atoms with Crippen molar-refractivity contribution in [2.45, 2.75) is 325 Å². The molecule has 0 rings (SSSR count). The maximum Gasteiger partial charge on any atom is 0.222 e. The Hall–Kier alpha value is -3.83. The molecule has 492 valence electrons. The molecule has 0 radical (unpaired) electrons. The van der Waals surface area contributed by atoms with Crippen LogP contribution in [-0.2, 0) is 52.7 Å². The van der Waals surface area contributed by atoms with E-state index < -0.39 is 10.8 Å². The number of Topliss-reactive ketones (excluding diaryl/α,β-unsaturated/α-hetero) is 10. The van der Waals surface area contributed by atoms with Crippen molar-refractivity contribution in [2.75, 3.05) is 13.6 Å². The summed E-state index contributed by atoms with van der Waals surface area (Å²) in [5.74, 6) is 1.10. The van der Waals surface area contributed by atoms with E-state index in [4.69, 9.17) is 0 Å². The van der Waals surface area contributed by atoms with Crippen molar-refractivity contribution < 1.29 is 52.7 Å². The second-order valence-corrected chi connectivity index (χ2v) is 31.4. The van der Waals surface area contributed by atoms with Gasteiger partial charge in [-0.05, 0) is 61.2 Å². The molecule has 0 aromatic heterocycles. The summed E-state index contributed by atoms with van der Waals surface area (Å²) < 4.78 is 0. The summed E-state index contributed by atoms with van der Waals surface area (Å²) in [6.45, 7) is 67.0. The first-order chi connectivity index (χ1) is 36.6. The zero-order chi connectivity index (χ0) is 68.7. The van der Waals surface area contributed by atoms with Crippen LogP contribution in [0.1, 0.15) is 325 Å². The van der Waals surface area contributed by atoms with Gasteiger partial charge < -0.3 is 4.90 Å². The Morgan fingerprint density at radius 3 is 0.904 bits per heavy atom. The van der Waals surface area contributed by atoms with Crippen molar-refractivity contribution in [3.8, 4) is 0 Å². The summed E-state index contributed by atoms with van der Waals surface area (Å²) >= 11 is 0. The maximum atomic E-state index is 11.4. The first-order valence-corrected chi connectivity index (χ1v) is 31.1. The molecule has 0 bridgehead atoms. The van der Waals surface area contributed by atoms with Crippen molar-refractivity contribution >= 4 is 63.7 Å². The van der Waals surface area contributed by atoms with Gasteiger partial charge in [-0.2, -0.15) is 0 Å². The molecule has 0 fully saturated rings. The number of carbonyl (C=O) groups excluding carboxylic acids is 11. The van der Waals surface area contributed by atoms with Gasteiger partial charge in [-0.15, -0.1) is 0 Å². The highest BCUT2D eigenvalue weighted by Crippen LogP contribution is 2.24. The van der Waals surface area contributed by atoms with E-state index in [1.54, 1.807) is 48.5 Å². The molecular weight excluding hydrogens is 1040 g/mol. The van der Waals surface area contributed by atoms with Gasteiger partial charge in [-0.1, -0.05) is 228 Å². The van der Waals surface area contributed by atoms with Crippen LogP contribution in [0, 0.1) is 55.2 Å². The third-order valence-corrected chi connectivity index (χ3v) is 12.0. The van der Waals surface area contributed by atoms with Crippen LogP contribution >= 0.6 is 0 Å². The normalized spacial score (nSPS) is 11.6. The lowest BCUT2D eigenvalue weighted by Crippen LogP contribution is -2.29. The van der Waals surface area contributed by atoms with E-state index in [-0.39, 0.29) is 75.1 Å². The van der Waals surface area contributed by atoms with Crippen molar-refractivity contribution in [3.63, 3.8) is 0 Å². The van der Waals surface area contributed by atoms with Crippen LogP contribution < -0.4 is 0 Å². The van der Waals surface area contributed by atoms with Crippen LogP contribution in [0.4, 0.5) is 0 Å². The van der Waals surface area contributed by atoms with Gasteiger partial charge in [0.2, 0.25) is 17.5 Å². The molecule has 0 aliphatic carbocycles. The van der Waals surface area contributed by atoms with Gasteiger partial charge in [0.25, 0.3) is 0 Å². The number of amides is 1. The SMILES string of the molecule is CC(=O)CC(=O)C(C)(C)C.CC(C)C(=O)CCCC(C)(C)C.CC(C)CC(=O)C(=O)C(C)(C)C.CCC(=O)C(=O)C(C)(C)C.CCC(=O)C(C)(C)C.CCC(=O)C(C)(C)C.CCC(=O)CCCC(C)(C)C.CCC(=O)N(C)CCC(C)(C)C. The van der Waals surface area contributed by atoms with Crippen molar-refractivity contribution in [1.29, 1.82) is 0 Å². The molecule has 1 amide bonds. The van der Waals surface area contributed by atoms with Gasteiger partial charge in [0, 0.05) is 98.0 Å². The Bertz CT molecular complexity index is 1860. The fraction of sp³-hybridized carbons (Fsp3) is 0.845. The van der Waals surface area contributed by atoms with E-state index in [1.807, 2.05) is 130 Å². The summed E-state index contributed by atoms with van der Waals surface area (Å²) in [6.07, 6.45) is 10.4. The number of ketones is 10. The van der Waals surface area contributed by atoms with Crippen molar-refractivity contribution in [3.05, 3.63) is 0 Å². The molecule has 12 nitrogen and oxygen atoms in total. The summed E-state index contributed by atoms with van der Waals surface area (Å²) in [5.41, 5.74) is -0.582. The molecule has 0 aliphatic heterocycles. The van der Waals surface area contributed by atoms with Gasteiger partial charge in [-0.25, -0.2) is 0 Å². The van der Waals surface area contributed by atoms with E-state index in [2.05, 4.69) is 62.3 Å². The minimum Gasteiger partial charge on any atom is -0.346 e. The third kappa shape index (κ3) is 70.6. The van der Waals surface area contributed by atoms with Crippen LogP contribution in [0.15, 0.2) is 0 Å². The number of nitrogens with zero attached hydrogens (tertiary/aromatic N) is 1. The van der Waals surface area contributed by atoms with Gasteiger partial charge in [0.15, 0.2) is 11.6 Å². The predicted octanol–water partition coefficient (Wildman–Crippen LogP) is 18.3. The molecule has 0 aliphatic rings. The average Bonchev–Trinajstić information content (AvgIpc) is 3.29. The topological polar surface area (TPSA) is 191 Å². The number of rotatable bonds is 20. The fourth-order valence-corrected chi connectivity index (χ4v) is 5.98. The van der Waals surface area contributed by atoms with Crippen LogP contribution in [0.5, 0.6) is 0 Å². The Labute approximate surface area is 513 Å². The van der Waals surface area contributed by atoms with E-state index in [0.717, 1.165) is 51.5 Å². The first kappa shape index (κ1) is 95.5. The van der Waals surface area contributed by atoms with Crippen LogP contribution in [-0.4, -0.2) is 82.2 Å². The van der Waals surface area contributed by atoms with Crippen LogP contribution in [0.25, 0.3) is 0 Å². The number of hydrogen-bond acceptors (Lipinski definition) is 11. The Morgan fingerprint density at radius 1 is 0.386 bits per heavy atom. The molecule has 0 unspecified atom stereocenters. The number of hydrogen-bond donors (Lipinski definition) is 0. The predicted molar refractivity (Wildman–Crippen MR) is 352 cm³/mol. The summed E-state index contributed by atoms with van der Waals surface area (Å²) in [7, 11) is 1.87. The molecule has 12 heteroatoms. The minimum absolute atomic E-state index is 0.0139.